The van der Waals surface area contributed by atoms with Crippen LogP contribution < -0.4 is 0 Å². The van der Waals surface area contributed by atoms with Crippen molar-refractivity contribution in [3.63, 3.8) is 0 Å². The van der Waals surface area contributed by atoms with Crippen LogP contribution >= 0.6 is 0 Å². The van der Waals surface area contributed by atoms with Gasteiger partial charge in [0, 0.05) is 13.7 Å². The van der Waals surface area contributed by atoms with Crippen molar-refractivity contribution in [2.24, 2.45) is 0 Å². The summed E-state index contributed by atoms with van der Waals surface area (Å²) in [5, 5.41) is 8.55. The number of halogens is 2. The zero-order chi connectivity index (χ0) is 9.07. The van der Waals surface area contributed by atoms with Crippen molar-refractivity contribution in [2.45, 2.75) is 12.2 Å². The van der Waals surface area contributed by atoms with E-state index in [4.69, 9.17) is 5.11 Å². The maximum atomic E-state index is 12.6. The van der Waals surface area contributed by atoms with Gasteiger partial charge in [-0.2, -0.15) is 4.39 Å². The molecule has 0 radical (unpaired) electrons. The van der Waals surface area contributed by atoms with Crippen LogP contribution in [0.4, 0.5) is 8.78 Å². The number of hydrogen-bond donors (Lipinski definition) is 1. The Labute approximate surface area is 64.6 Å². The van der Waals surface area contributed by atoms with Gasteiger partial charge >= 0.3 is 6.04 Å². The normalized spacial score (nSPS) is 19.9. The molecule has 68 valence electrons. The van der Waals surface area contributed by atoms with Gasteiger partial charge in [-0.15, -0.1) is 0 Å². The lowest BCUT2D eigenvalue weighted by Crippen LogP contribution is -2.42. The number of ether oxygens (including phenoxy) is 1. The lowest BCUT2D eigenvalue weighted by atomic mass is 10.3. The molecule has 0 spiro atoms. The highest BCUT2D eigenvalue weighted by Crippen LogP contribution is 2.16. The van der Waals surface area contributed by atoms with Gasteiger partial charge in [0.1, 0.15) is 0 Å². The Kier molecular flexibility index (Phi) is 3.85. The zero-order valence-electron chi connectivity index (χ0n) is 6.84. The van der Waals surface area contributed by atoms with Gasteiger partial charge in [-0.1, -0.05) is 0 Å². The molecule has 0 aromatic rings. The number of rotatable bonds is 4. The maximum absolute atomic E-state index is 12.6. The van der Waals surface area contributed by atoms with E-state index in [-0.39, 0.29) is 6.54 Å². The van der Waals surface area contributed by atoms with Crippen LogP contribution in [0.5, 0.6) is 0 Å². The zero-order valence-corrected chi connectivity index (χ0v) is 6.84. The van der Waals surface area contributed by atoms with Gasteiger partial charge < -0.3 is 14.7 Å². The maximum Gasteiger partial charge on any atom is 0.351 e. The molecule has 11 heavy (non-hydrogen) atoms. The fourth-order valence-electron chi connectivity index (χ4n) is 0.561. The fraction of sp³-hybridized carbons (Fsp3) is 1.00. The summed E-state index contributed by atoms with van der Waals surface area (Å²) >= 11 is 0. The van der Waals surface area contributed by atoms with E-state index >= 15 is 0 Å². The van der Waals surface area contributed by atoms with Crippen molar-refractivity contribution < 1.29 is 18.6 Å². The topological polar surface area (TPSA) is 32.7 Å². The molecule has 0 aromatic heterocycles. The fourth-order valence-corrected chi connectivity index (χ4v) is 0.561. The second-order valence-electron chi connectivity index (χ2n) is 2.54. The number of methoxy groups -OCH3 is 1. The molecule has 3 nitrogen and oxygen atoms in total. The summed E-state index contributed by atoms with van der Waals surface area (Å²) in [5.41, 5.74) is 0. The van der Waals surface area contributed by atoms with Crippen LogP contribution in [0.2, 0.25) is 0 Å². The molecule has 0 amide bonds. The van der Waals surface area contributed by atoms with E-state index in [1.54, 1.807) is 14.1 Å². The Morgan fingerprint density at radius 2 is 2.09 bits per heavy atom. The van der Waals surface area contributed by atoms with E-state index in [0.29, 0.717) is 0 Å². The molecule has 0 saturated heterocycles. The van der Waals surface area contributed by atoms with Gasteiger partial charge in [0.25, 0.3) is 0 Å². The highest BCUT2D eigenvalue weighted by atomic mass is 19.2. The molecular weight excluding hydrogens is 156 g/mol. The molecule has 2 atom stereocenters. The van der Waals surface area contributed by atoms with Gasteiger partial charge in [0.15, 0.2) is 6.17 Å². The summed E-state index contributed by atoms with van der Waals surface area (Å²) < 4.78 is 29.0. The van der Waals surface area contributed by atoms with Crippen molar-refractivity contribution in [1.82, 2.24) is 4.90 Å². The first kappa shape index (κ1) is 10.7. The van der Waals surface area contributed by atoms with E-state index in [1.165, 1.54) is 4.90 Å². The average molecular weight is 169 g/mol. The first-order chi connectivity index (χ1) is 4.90. The summed E-state index contributed by atoms with van der Waals surface area (Å²) in [6, 6.07) is -3.18. The standard InChI is InChI=1S/C6H13F2NO2/c1-9(2)4-5(7)6(8,10)11-3/h5,10H,4H2,1-3H3. The summed E-state index contributed by atoms with van der Waals surface area (Å²) in [7, 11) is 4.04. The van der Waals surface area contributed by atoms with Crippen LogP contribution in [0.3, 0.4) is 0 Å². The van der Waals surface area contributed by atoms with E-state index < -0.39 is 12.2 Å². The SMILES string of the molecule is COC(O)(F)C(F)CN(C)C. The lowest BCUT2D eigenvalue weighted by Gasteiger charge is -2.23. The minimum atomic E-state index is -3.18. The van der Waals surface area contributed by atoms with Crippen molar-refractivity contribution in [3.05, 3.63) is 0 Å². The van der Waals surface area contributed by atoms with E-state index in [1.807, 2.05) is 0 Å². The largest absolute Gasteiger partial charge is 0.351 e. The molecular formula is C6H13F2NO2. The Morgan fingerprint density at radius 1 is 1.64 bits per heavy atom. The number of aliphatic hydroxyl groups is 1. The molecule has 0 bridgehead atoms. The third kappa shape index (κ3) is 3.60. The Hall–Kier alpha value is -0.260. The van der Waals surface area contributed by atoms with E-state index in [2.05, 4.69) is 4.74 Å². The van der Waals surface area contributed by atoms with E-state index in [9.17, 15) is 8.78 Å². The van der Waals surface area contributed by atoms with Crippen LogP contribution in [0.25, 0.3) is 0 Å². The smallest absolute Gasteiger partial charge is 0.337 e. The second kappa shape index (κ2) is 3.94. The lowest BCUT2D eigenvalue weighted by molar-refractivity contribution is -0.310. The third-order valence-corrected chi connectivity index (χ3v) is 1.20. The summed E-state index contributed by atoms with van der Waals surface area (Å²) in [6.45, 7) is -0.221. The summed E-state index contributed by atoms with van der Waals surface area (Å²) in [4.78, 5) is 1.41. The molecule has 0 aliphatic rings. The predicted molar refractivity (Wildman–Crippen MR) is 36.5 cm³/mol. The highest BCUT2D eigenvalue weighted by Gasteiger charge is 2.37. The minimum Gasteiger partial charge on any atom is -0.337 e. The Balaban J connectivity index is 3.90. The quantitative estimate of drug-likeness (QED) is 0.608. The molecule has 2 unspecified atom stereocenters. The molecule has 0 aliphatic carbocycles. The molecule has 0 aromatic carbocycles. The Morgan fingerprint density at radius 3 is 2.36 bits per heavy atom. The van der Waals surface area contributed by atoms with Crippen LogP contribution in [0.15, 0.2) is 0 Å². The van der Waals surface area contributed by atoms with Gasteiger partial charge in [-0.25, -0.2) is 4.39 Å². The van der Waals surface area contributed by atoms with Crippen LogP contribution in [-0.4, -0.2) is 50.0 Å². The van der Waals surface area contributed by atoms with Crippen molar-refractivity contribution >= 4 is 0 Å². The minimum absolute atomic E-state index is 0.221. The average Bonchev–Trinajstić information content (AvgIpc) is 1.86. The molecule has 0 rings (SSSR count). The summed E-state index contributed by atoms with van der Waals surface area (Å²) in [6.07, 6.45) is -2.05. The molecule has 0 aliphatic heterocycles. The first-order valence-electron chi connectivity index (χ1n) is 3.15. The molecule has 0 heterocycles. The van der Waals surface area contributed by atoms with Gasteiger partial charge in [0.2, 0.25) is 0 Å². The number of alkyl halides is 2. The monoisotopic (exact) mass is 169 g/mol. The molecule has 5 heteroatoms. The molecule has 1 N–H and O–H groups in total. The summed E-state index contributed by atoms with van der Waals surface area (Å²) in [5.74, 6) is 0. The van der Waals surface area contributed by atoms with Gasteiger partial charge in [-0.05, 0) is 14.1 Å². The van der Waals surface area contributed by atoms with Crippen molar-refractivity contribution in [3.8, 4) is 0 Å². The first-order valence-corrected chi connectivity index (χ1v) is 3.15. The van der Waals surface area contributed by atoms with E-state index in [0.717, 1.165) is 7.11 Å². The number of nitrogens with zero attached hydrogens (tertiary/aromatic N) is 1. The number of hydrogen-bond acceptors (Lipinski definition) is 3. The Bertz CT molecular complexity index is 119. The van der Waals surface area contributed by atoms with Crippen molar-refractivity contribution in [1.29, 1.82) is 0 Å². The third-order valence-electron chi connectivity index (χ3n) is 1.20. The molecule has 0 saturated carbocycles. The van der Waals surface area contributed by atoms with Crippen molar-refractivity contribution in [2.75, 3.05) is 27.7 Å². The molecule has 0 fully saturated rings. The van der Waals surface area contributed by atoms with Crippen LogP contribution in [0, 0.1) is 0 Å². The van der Waals surface area contributed by atoms with Crippen LogP contribution in [-0.2, 0) is 4.74 Å². The highest BCUT2D eigenvalue weighted by molar-refractivity contribution is 4.68. The van der Waals surface area contributed by atoms with Gasteiger partial charge in [-0.3, -0.25) is 0 Å². The second-order valence-corrected chi connectivity index (χ2v) is 2.54. The predicted octanol–water partition coefficient (Wildman–Crippen LogP) is 0.148. The van der Waals surface area contributed by atoms with Crippen LogP contribution in [0.1, 0.15) is 0 Å². The van der Waals surface area contributed by atoms with Gasteiger partial charge in [0.05, 0.1) is 0 Å².